The van der Waals surface area contributed by atoms with Gasteiger partial charge < -0.3 is 15.7 Å². The molecule has 2 aliphatic rings. The summed E-state index contributed by atoms with van der Waals surface area (Å²) in [5, 5.41) is 16.5. The quantitative estimate of drug-likeness (QED) is 0.492. The van der Waals surface area contributed by atoms with Gasteiger partial charge in [0.15, 0.2) is 0 Å². The second kappa shape index (κ2) is 8.09. The number of hydrogen-bond donors (Lipinski definition) is 3. The molecular weight excluding hydrogens is 417 g/mol. The van der Waals surface area contributed by atoms with Crippen LogP contribution in [0.4, 0.5) is 30.4 Å². The van der Waals surface area contributed by atoms with E-state index in [4.69, 9.17) is 0 Å². The maximum Gasteiger partial charge on any atom is 0.416 e. The lowest BCUT2D eigenvalue weighted by Crippen LogP contribution is -2.09. The minimum Gasteiger partial charge on any atom is -0.392 e. The summed E-state index contributed by atoms with van der Waals surface area (Å²) in [6.45, 7) is 0.642. The Morgan fingerprint density at radius 3 is 2.62 bits per heavy atom. The second-order valence-corrected chi connectivity index (χ2v) is 8.50. The molecule has 1 saturated carbocycles. The Bertz CT molecular complexity index is 1140. The Kier molecular flexibility index (Phi) is 5.25. The van der Waals surface area contributed by atoms with Gasteiger partial charge in [-0.2, -0.15) is 13.2 Å². The fourth-order valence-corrected chi connectivity index (χ4v) is 4.12. The third kappa shape index (κ3) is 4.41. The minimum absolute atomic E-state index is 0.388. The number of benzene rings is 2. The lowest BCUT2D eigenvalue weighted by Gasteiger charge is -2.16. The van der Waals surface area contributed by atoms with Crippen LogP contribution in [-0.2, 0) is 19.0 Å². The first-order valence-corrected chi connectivity index (χ1v) is 10.7. The van der Waals surface area contributed by atoms with Crippen LogP contribution < -0.4 is 10.6 Å². The van der Waals surface area contributed by atoms with Crippen LogP contribution in [0.3, 0.4) is 0 Å². The molecule has 8 heteroatoms. The monoisotopic (exact) mass is 440 g/mol. The van der Waals surface area contributed by atoms with Crippen LogP contribution in [0.2, 0.25) is 0 Å². The van der Waals surface area contributed by atoms with E-state index in [1.807, 2.05) is 18.2 Å². The van der Waals surface area contributed by atoms with Crippen molar-refractivity contribution >= 4 is 17.2 Å². The summed E-state index contributed by atoms with van der Waals surface area (Å²) in [5.74, 6) is 1.05. The van der Waals surface area contributed by atoms with Gasteiger partial charge in [-0.1, -0.05) is 18.2 Å². The molecule has 0 aliphatic heterocycles. The lowest BCUT2D eigenvalue weighted by molar-refractivity contribution is -0.137. The van der Waals surface area contributed by atoms with Gasteiger partial charge in [0.25, 0.3) is 0 Å². The van der Waals surface area contributed by atoms with E-state index in [2.05, 4.69) is 20.6 Å². The first kappa shape index (κ1) is 20.8. The zero-order valence-electron chi connectivity index (χ0n) is 17.3. The summed E-state index contributed by atoms with van der Waals surface area (Å²) in [6, 6.07) is 11.3. The van der Waals surface area contributed by atoms with E-state index in [9.17, 15) is 18.3 Å². The maximum atomic E-state index is 13.3. The molecule has 1 heterocycles. The summed E-state index contributed by atoms with van der Waals surface area (Å²) < 4.78 is 39.8. The van der Waals surface area contributed by atoms with Crippen LogP contribution in [0, 0.1) is 5.92 Å². The average molecular weight is 440 g/mol. The molecule has 1 aromatic heterocycles. The first-order chi connectivity index (χ1) is 15.4. The van der Waals surface area contributed by atoms with E-state index in [0.29, 0.717) is 48.1 Å². The summed E-state index contributed by atoms with van der Waals surface area (Å²) in [7, 11) is 0. The third-order valence-electron chi connectivity index (χ3n) is 6.00. The topological polar surface area (TPSA) is 70.1 Å². The van der Waals surface area contributed by atoms with E-state index in [1.165, 1.54) is 12.4 Å². The molecule has 3 N–H and O–H groups in total. The number of halogens is 3. The Balaban J connectivity index is 1.46. The highest BCUT2D eigenvalue weighted by Gasteiger charge is 2.31. The normalized spacial score (nSPS) is 17.8. The Labute approximate surface area is 183 Å². The molecule has 0 amide bonds. The number of hydrogen-bond acceptors (Lipinski definition) is 5. The number of fused-ring (bicyclic) bond motifs is 1. The number of aromatic nitrogens is 2. The van der Waals surface area contributed by atoms with Crippen molar-refractivity contribution in [3.05, 3.63) is 65.5 Å². The zero-order valence-corrected chi connectivity index (χ0v) is 17.3. The van der Waals surface area contributed by atoms with Gasteiger partial charge in [-0.05, 0) is 54.5 Å². The van der Waals surface area contributed by atoms with E-state index < -0.39 is 11.7 Å². The van der Waals surface area contributed by atoms with Crippen molar-refractivity contribution in [2.45, 2.75) is 38.0 Å². The molecule has 0 radical (unpaired) electrons. The van der Waals surface area contributed by atoms with Crippen LogP contribution in [-0.4, -0.2) is 27.7 Å². The number of nitrogens with one attached hydrogen (secondary N) is 2. The van der Waals surface area contributed by atoms with Crippen molar-refractivity contribution in [3.63, 3.8) is 0 Å². The predicted molar refractivity (Wildman–Crippen MR) is 117 cm³/mol. The minimum atomic E-state index is -4.41. The highest BCUT2D eigenvalue weighted by molar-refractivity contribution is 5.78. The van der Waals surface area contributed by atoms with Crippen molar-refractivity contribution in [3.8, 4) is 11.3 Å². The molecule has 1 unspecified atom stereocenters. The molecule has 166 valence electrons. The zero-order chi connectivity index (χ0) is 22.3. The van der Waals surface area contributed by atoms with Crippen molar-refractivity contribution in [2.24, 2.45) is 5.92 Å². The number of nitrogens with zero attached hydrogens (tertiary/aromatic N) is 2. The highest BCUT2D eigenvalue weighted by atomic mass is 19.4. The summed E-state index contributed by atoms with van der Waals surface area (Å²) >= 11 is 0. The molecule has 32 heavy (non-hydrogen) atoms. The van der Waals surface area contributed by atoms with Gasteiger partial charge in [-0.25, -0.2) is 9.97 Å². The van der Waals surface area contributed by atoms with Crippen LogP contribution in [0.1, 0.15) is 29.5 Å². The molecule has 0 saturated heterocycles. The van der Waals surface area contributed by atoms with E-state index >= 15 is 0 Å². The number of aliphatic hydroxyl groups is 1. The summed E-state index contributed by atoms with van der Waals surface area (Å²) in [6.07, 6.45) is -0.00570. The fraction of sp³-hybridized carbons (Fsp3) is 0.333. The largest absolute Gasteiger partial charge is 0.416 e. The molecule has 2 aromatic carbocycles. The lowest BCUT2D eigenvalue weighted by atomic mass is 10.0. The van der Waals surface area contributed by atoms with Crippen LogP contribution in [0.15, 0.2) is 48.8 Å². The molecule has 1 atom stereocenters. The Morgan fingerprint density at radius 2 is 1.84 bits per heavy atom. The van der Waals surface area contributed by atoms with E-state index in [1.54, 1.807) is 6.07 Å². The van der Waals surface area contributed by atoms with Gasteiger partial charge in [-0.3, -0.25) is 0 Å². The van der Waals surface area contributed by atoms with Crippen molar-refractivity contribution < 1.29 is 18.3 Å². The van der Waals surface area contributed by atoms with Gasteiger partial charge in [-0.15, -0.1) is 0 Å². The second-order valence-electron chi connectivity index (χ2n) is 8.50. The predicted octanol–water partition coefficient (Wildman–Crippen LogP) is 5.19. The average Bonchev–Trinajstić information content (AvgIpc) is 3.51. The smallest absolute Gasteiger partial charge is 0.392 e. The Hall–Kier alpha value is -3.13. The molecule has 2 aliphatic carbocycles. The number of alkyl halides is 3. The maximum absolute atomic E-state index is 13.3. The molecule has 0 spiro atoms. The van der Waals surface area contributed by atoms with Gasteiger partial charge in [0, 0.05) is 36.0 Å². The molecule has 1 fully saturated rings. The molecule has 0 bridgehead atoms. The fourth-order valence-electron chi connectivity index (χ4n) is 4.12. The van der Waals surface area contributed by atoms with Crippen molar-refractivity contribution in [1.82, 2.24) is 9.97 Å². The third-order valence-corrected chi connectivity index (χ3v) is 6.00. The summed E-state index contributed by atoms with van der Waals surface area (Å²) in [5.41, 5.74) is 3.88. The van der Waals surface area contributed by atoms with E-state index in [-0.39, 0.29) is 6.10 Å². The highest BCUT2D eigenvalue weighted by Crippen LogP contribution is 2.37. The first-order valence-electron chi connectivity index (χ1n) is 10.7. The van der Waals surface area contributed by atoms with Gasteiger partial charge in [0.1, 0.15) is 12.1 Å². The van der Waals surface area contributed by atoms with E-state index in [0.717, 1.165) is 41.8 Å². The van der Waals surface area contributed by atoms with Crippen molar-refractivity contribution in [2.75, 3.05) is 17.2 Å². The number of anilines is 3. The van der Waals surface area contributed by atoms with Crippen LogP contribution in [0.5, 0.6) is 0 Å². The van der Waals surface area contributed by atoms with Gasteiger partial charge >= 0.3 is 6.18 Å². The van der Waals surface area contributed by atoms with Gasteiger partial charge in [0.05, 0.1) is 17.4 Å². The van der Waals surface area contributed by atoms with Crippen molar-refractivity contribution in [1.29, 1.82) is 0 Å². The Morgan fingerprint density at radius 1 is 1.00 bits per heavy atom. The van der Waals surface area contributed by atoms with Crippen LogP contribution >= 0.6 is 0 Å². The molecular formula is C24H23F3N4O. The molecule has 5 nitrogen and oxygen atoms in total. The van der Waals surface area contributed by atoms with Gasteiger partial charge in [0.2, 0.25) is 0 Å². The molecule has 3 aromatic rings. The SMILES string of the molecule is OC1Cc2cccc(Nc3cc(-c4ccc(C(F)(F)F)cc4NCC4CC4)ncn3)c2C1. The van der Waals surface area contributed by atoms with Crippen LogP contribution in [0.25, 0.3) is 11.3 Å². The standard InChI is InChI=1S/C24H23F3N4O/c25-24(26,27)16-6-7-18(21(9-16)28-12-14-4-5-14)22-11-23(30-13-29-22)31-20-3-1-2-15-8-17(32)10-19(15)20/h1-3,6-7,9,11,13-14,17,28,32H,4-5,8,10,12H2,(H,29,30,31). The summed E-state index contributed by atoms with van der Waals surface area (Å²) in [4.78, 5) is 8.61. The molecule has 5 rings (SSSR count). The number of rotatable bonds is 6. The number of aliphatic hydroxyl groups excluding tert-OH is 1.